The van der Waals surface area contributed by atoms with E-state index in [1.165, 1.54) is 5.69 Å². The molecule has 0 unspecified atom stereocenters. The number of hydrogen-bond acceptors (Lipinski definition) is 2. The minimum Gasteiger partial charge on any atom is -0.354 e. The van der Waals surface area contributed by atoms with Crippen LogP contribution in [0.25, 0.3) is 0 Å². The SMILES string of the molecule is Cn1cccc1[C@H]1CNC[C@H]1N. The van der Waals surface area contributed by atoms with E-state index in [4.69, 9.17) is 5.73 Å². The van der Waals surface area contributed by atoms with E-state index in [0.29, 0.717) is 5.92 Å². The second-order valence-corrected chi connectivity index (χ2v) is 3.47. The van der Waals surface area contributed by atoms with Crippen LogP contribution >= 0.6 is 0 Å². The molecule has 3 N–H and O–H groups in total. The molecule has 12 heavy (non-hydrogen) atoms. The van der Waals surface area contributed by atoms with Crippen LogP contribution in [0, 0.1) is 0 Å². The first-order valence-electron chi connectivity index (χ1n) is 4.36. The average molecular weight is 165 g/mol. The molecule has 2 rings (SSSR count). The van der Waals surface area contributed by atoms with Gasteiger partial charge in [0.2, 0.25) is 0 Å². The van der Waals surface area contributed by atoms with Crippen molar-refractivity contribution in [3.8, 4) is 0 Å². The van der Waals surface area contributed by atoms with Gasteiger partial charge in [-0.2, -0.15) is 0 Å². The Morgan fingerprint density at radius 2 is 2.42 bits per heavy atom. The average Bonchev–Trinajstić information content (AvgIpc) is 2.59. The van der Waals surface area contributed by atoms with Gasteiger partial charge in [-0.3, -0.25) is 0 Å². The number of rotatable bonds is 1. The highest BCUT2D eigenvalue weighted by Crippen LogP contribution is 2.20. The van der Waals surface area contributed by atoms with Crippen LogP contribution in [0.5, 0.6) is 0 Å². The van der Waals surface area contributed by atoms with Crippen molar-refractivity contribution in [3.05, 3.63) is 24.0 Å². The highest BCUT2D eigenvalue weighted by Gasteiger charge is 2.26. The van der Waals surface area contributed by atoms with Gasteiger partial charge in [0.25, 0.3) is 0 Å². The minimum atomic E-state index is 0.276. The van der Waals surface area contributed by atoms with Crippen molar-refractivity contribution in [2.24, 2.45) is 12.8 Å². The predicted molar refractivity (Wildman–Crippen MR) is 49.0 cm³/mol. The molecule has 0 bridgehead atoms. The van der Waals surface area contributed by atoms with Crippen molar-refractivity contribution in [1.82, 2.24) is 9.88 Å². The Morgan fingerprint density at radius 1 is 1.58 bits per heavy atom. The fraction of sp³-hybridized carbons (Fsp3) is 0.556. The second-order valence-electron chi connectivity index (χ2n) is 3.47. The largest absolute Gasteiger partial charge is 0.354 e. The summed E-state index contributed by atoms with van der Waals surface area (Å²) in [7, 11) is 2.07. The van der Waals surface area contributed by atoms with E-state index >= 15 is 0 Å². The van der Waals surface area contributed by atoms with Gasteiger partial charge in [0, 0.05) is 44.0 Å². The molecule has 0 aromatic carbocycles. The number of hydrogen-bond donors (Lipinski definition) is 2. The Bertz CT molecular complexity index is 266. The maximum atomic E-state index is 5.96. The molecule has 0 spiro atoms. The van der Waals surface area contributed by atoms with E-state index in [9.17, 15) is 0 Å². The van der Waals surface area contributed by atoms with Crippen LogP contribution in [-0.2, 0) is 7.05 Å². The molecule has 3 heteroatoms. The van der Waals surface area contributed by atoms with E-state index < -0.39 is 0 Å². The van der Waals surface area contributed by atoms with Crippen LogP contribution in [0.2, 0.25) is 0 Å². The van der Waals surface area contributed by atoms with Crippen LogP contribution in [0.1, 0.15) is 11.6 Å². The first kappa shape index (κ1) is 7.83. The molecular formula is C9H15N3. The molecule has 2 heterocycles. The van der Waals surface area contributed by atoms with Gasteiger partial charge in [-0.05, 0) is 12.1 Å². The van der Waals surface area contributed by atoms with Gasteiger partial charge in [-0.15, -0.1) is 0 Å². The van der Waals surface area contributed by atoms with Crippen molar-refractivity contribution < 1.29 is 0 Å². The van der Waals surface area contributed by atoms with Gasteiger partial charge in [0.1, 0.15) is 0 Å². The summed E-state index contributed by atoms with van der Waals surface area (Å²) in [5.41, 5.74) is 7.30. The summed E-state index contributed by atoms with van der Waals surface area (Å²) in [6.45, 7) is 1.95. The molecule has 1 aliphatic heterocycles. The van der Waals surface area contributed by atoms with Crippen LogP contribution in [0.3, 0.4) is 0 Å². The molecule has 3 nitrogen and oxygen atoms in total. The summed E-state index contributed by atoms with van der Waals surface area (Å²) < 4.78 is 2.15. The molecule has 0 aliphatic carbocycles. The minimum absolute atomic E-state index is 0.276. The van der Waals surface area contributed by atoms with Crippen LogP contribution in [0.4, 0.5) is 0 Å². The third-order valence-electron chi connectivity index (χ3n) is 2.62. The molecule has 0 radical (unpaired) electrons. The smallest absolute Gasteiger partial charge is 0.0280 e. The van der Waals surface area contributed by atoms with E-state index in [1.54, 1.807) is 0 Å². The van der Waals surface area contributed by atoms with E-state index in [0.717, 1.165) is 13.1 Å². The normalized spacial score (nSPS) is 29.5. The number of nitrogens with two attached hydrogens (primary N) is 1. The first-order valence-corrected chi connectivity index (χ1v) is 4.36. The Kier molecular flexibility index (Phi) is 1.90. The molecular weight excluding hydrogens is 150 g/mol. The zero-order chi connectivity index (χ0) is 8.55. The first-order chi connectivity index (χ1) is 5.79. The molecule has 1 saturated heterocycles. The molecule has 1 fully saturated rings. The quantitative estimate of drug-likeness (QED) is 0.617. The monoisotopic (exact) mass is 165 g/mol. The summed E-state index contributed by atoms with van der Waals surface area (Å²) in [5.74, 6) is 0.491. The fourth-order valence-corrected chi connectivity index (χ4v) is 1.88. The molecule has 0 saturated carbocycles. The molecule has 66 valence electrons. The van der Waals surface area contributed by atoms with E-state index in [1.807, 2.05) is 0 Å². The van der Waals surface area contributed by atoms with Gasteiger partial charge >= 0.3 is 0 Å². The Morgan fingerprint density at radius 3 is 2.92 bits per heavy atom. The van der Waals surface area contributed by atoms with E-state index in [-0.39, 0.29) is 6.04 Å². The van der Waals surface area contributed by atoms with Crippen molar-refractivity contribution in [1.29, 1.82) is 0 Å². The summed E-state index contributed by atoms with van der Waals surface area (Å²) in [6, 6.07) is 4.50. The number of nitrogens with zero attached hydrogens (tertiary/aromatic N) is 1. The number of nitrogens with one attached hydrogen (secondary N) is 1. The summed E-state index contributed by atoms with van der Waals surface area (Å²) >= 11 is 0. The van der Waals surface area contributed by atoms with Crippen LogP contribution in [0.15, 0.2) is 18.3 Å². The van der Waals surface area contributed by atoms with Gasteiger partial charge in [-0.1, -0.05) is 0 Å². The zero-order valence-corrected chi connectivity index (χ0v) is 7.33. The van der Waals surface area contributed by atoms with Crippen LogP contribution < -0.4 is 11.1 Å². The van der Waals surface area contributed by atoms with Gasteiger partial charge < -0.3 is 15.6 Å². The number of aryl methyl sites for hydroxylation is 1. The van der Waals surface area contributed by atoms with Crippen molar-refractivity contribution >= 4 is 0 Å². The standard InChI is InChI=1S/C9H15N3/c1-12-4-2-3-9(12)7-5-11-6-8(7)10/h2-4,7-8,11H,5-6,10H2,1H3/t7-,8+/m0/s1. The molecule has 1 aromatic heterocycles. The lowest BCUT2D eigenvalue weighted by atomic mass is 10.0. The maximum absolute atomic E-state index is 5.96. The fourth-order valence-electron chi connectivity index (χ4n) is 1.88. The topological polar surface area (TPSA) is 43.0 Å². The Hall–Kier alpha value is -0.800. The lowest BCUT2D eigenvalue weighted by Crippen LogP contribution is -2.28. The third kappa shape index (κ3) is 1.15. The van der Waals surface area contributed by atoms with Crippen LogP contribution in [-0.4, -0.2) is 23.7 Å². The lowest BCUT2D eigenvalue weighted by molar-refractivity contribution is 0.611. The second kappa shape index (κ2) is 2.92. The Balaban J connectivity index is 2.24. The maximum Gasteiger partial charge on any atom is 0.0280 e. The van der Waals surface area contributed by atoms with Crippen molar-refractivity contribution in [2.75, 3.05) is 13.1 Å². The van der Waals surface area contributed by atoms with Crippen molar-refractivity contribution in [2.45, 2.75) is 12.0 Å². The summed E-state index contributed by atoms with van der Waals surface area (Å²) in [6.07, 6.45) is 2.07. The number of aromatic nitrogens is 1. The predicted octanol–water partition coefficient (Wildman–Crippen LogP) is 0.0392. The molecule has 2 atom stereocenters. The highest BCUT2D eigenvalue weighted by atomic mass is 15.0. The summed E-state index contributed by atoms with van der Waals surface area (Å²) in [5, 5.41) is 3.30. The van der Waals surface area contributed by atoms with Gasteiger partial charge in [0.05, 0.1) is 0 Å². The molecule has 1 aliphatic rings. The van der Waals surface area contributed by atoms with Gasteiger partial charge in [-0.25, -0.2) is 0 Å². The van der Waals surface area contributed by atoms with Gasteiger partial charge in [0.15, 0.2) is 0 Å². The molecule has 0 amide bonds. The molecule has 1 aromatic rings. The zero-order valence-electron chi connectivity index (χ0n) is 7.33. The summed E-state index contributed by atoms with van der Waals surface area (Å²) in [4.78, 5) is 0. The highest BCUT2D eigenvalue weighted by molar-refractivity contribution is 5.17. The third-order valence-corrected chi connectivity index (χ3v) is 2.62. The van der Waals surface area contributed by atoms with E-state index in [2.05, 4.69) is 35.3 Å². The Labute approximate surface area is 72.6 Å². The van der Waals surface area contributed by atoms with Crippen molar-refractivity contribution in [3.63, 3.8) is 0 Å². The lowest BCUT2D eigenvalue weighted by Gasteiger charge is -2.14.